The Labute approximate surface area is 165 Å². The number of carbonyl (C=O) groups excluding carboxylic acids is 2. The van der Waals surface area contributed by atoms with Crippen molar-refractivity contribution in [3.05, 3.63) is 59.7 Å². The number of nitrogens with one attached hydrogen (secondary N) is 1. The molecular weight excluding hydrogens is 376 g/mol. The molecule has 0 unspecified atom stereocenters. The lowest BCUT2D eigenvalue weighted by atomic mass is 10.1. The van der Waals surface area contributed by atoms with Crippen LogP contribution in [0.4, 0.5) is 5.69 Å². The van der Waals surface area contributed by atoms with Gasteiger partial charge in [0.15, 0.2) is 5.78 Å². The van der Waals surface area contributed by atoms with Crippen LogP contribution in [-0.4, -0.2) is 37.5 Å². The van der Waals surface area contributed by atoms with Crippen LogP contribution < -0.4 is 5.32 Å². The van der Waals surface area contributed by atoms with E-state index in [1.165, 1.54) is 11.2 Å². The predicted molar refractivity (Wildman–Crippen MR) is 108 cm³/mol. The van der Waals surface area contributed by atoms with Gasteiger partial charge in [-0.05, 0) is 49.6 Å². The Morgan fingerprint density at radius 1 is 0.964 bits per heavy atom. The normalized spacial score (nSPS) is 15.2. The summed E-state index contributed by atoms with van der Waals surface area (Å²) in [6, 6.07) is 13.3. The summed E-state index contributed by atoms with van der Waals surface area (Å²) >= 11 is 0. The van der Waals surface area contributed by atoms with Crippen molar-refractivity contribution < 1.29 is 18.0 Å². The Hall–Kier alpha value is -2.51. The summed E-state index contributed by atoms with van der Waals surface area (Å²) < 4.78 is 26.9. The highest BCUT2D eigenvalue weighted by molar-refractivity contribution is 7.89. The van der Waals surface area contributed by atoms with Crippen LogP contribution in [0.1, 0.15) is 42.1 Å². The van der Waals surface area contributed by atoms with Gasteiger partial charge in [0.25, 0.3) is 0 Å². The summed E-state index contributed by atoms with van der Waals surface area (Å²) in [5, 5.41) is 2.75. The van der Waals surface area contributed by atoms with Crippen LogP contribution in [0, 0.1) is 0 Å². The lowest BCUT2D eigenvalue weighted by molar-refractivity contribution is -0.115. The van der Waals surface area contributed by atoms with Gasteiger partial charge in [-0.3, -0.25) is 9.59 Å². The van der Waals surface area contributed by atoms with Gasteiger partial charge < -0.3 is 5.32 Å². The van der Waals surface area contributed by atoms with Crippen molar-refractivity contribution in [2.24, 2.45) is 0 Å². The minimum atomic E-state index is -3.48. The van der Waals surface area contributed by atoms with Crippen molar-refractivity contribution in [1.29, 1.82) is 0 Å². The number of hydrogen-bond donors (Lipinski definition) is 1. The van der Waals surface area contributed by atoms with Gasteiger partial charge in [-0.1, -0.05) is 30.7 Å². The van der Waals surface area contributed by atoms with E-state index in [4.69, 9.17) is 0 Å². The van der Waals surface area contributed by atoms with Crippen molar-refractivity contribution >= 4 is 27.4 Å². The first-order valence-corrected chi connectivity index (χ1v) is 10.8. The minimum Gasteiger partial charge on any atom is -0.325 e. The quantitative estimate of drug-likeness (QED) is 0.755. The molecule has 0 bridgehead atoms. The summed E-state index contributed by atoms with van der Waals surface area (Å²) in [6.45, 7) is 2.57. The highest BCUT2D eigenvalue weighted by Gasteiger charge is 2.25. The summed E-state index contributed by atoms with van der Waals surface area (Å²) in [4.78, 5) is 24.2. The zero-order valence-corrected chi connectivity index (χ0v) is 16.7. The molecule has 2 aromatic rings. The molecule has 3 rings (SSSR count). The fraction of sp³-hybridized carbons (Fsp3) is 0.333. The highest BCUT2D eigenvalue weighted by atomic mass is 32.2. The fourth-order valence-electron chi connectivity index (χ4n) is 3.31. The molecule has 0 saturated carbocycles. The molecule has 7 heteroatoms. The van der Waals surface area contributed by atoms with Gasteiger partial charge in [0, 0.05) is 18.7 Å². The Morgan fingerprint density at radius 3 is 2.25 bits per heavy atom. The minimum absolute atomic E-state index is 0.0935. The van der Waals surface area contributed by atoms with E-state index in [1.54, 1.807) is 48.5 Å². The van der Waals surface area contributed by atoms with Crippen LogP contribution in [0.2, 0.25) is 0 Å². The van der Waals surface area contributed by atoms with Crippen LogP contribution in [-0.2, 0) is 21.2 Å². The Kier molecular flexibility index (Phi) is 6.26. The average molecular weight is 401 g/mol. The number of sulfonamides is 1. The number of rotatable bonds is 6. The summed E-state index contributed by atoms with van der Waals surface area (Å²) in [7, 11) is -3.48. The van der Waals surface area contributed by atoms with Gasteiger partial charge in [-0.15, -0.1) is 0 Å². The van der Waals surface area contributed by atoms with E-state index < -0.39 is 10.0 Å². The second-order valence-electron chi connectivity index (χ2n) is 6.94. The molecule has 2 aromatic carbocycles. The van der Waals surface area contributed by atoms with Crippen LogP contribution in [0.15, 0.2) is 53.4 Å². The number of nitrogens with zero attached hydrogens (tertiary/aromatic N) is 1. The van der Waals surface area contributed by atoms with Crippen LogP contribution >= 0.6 is 0 Å². The highest BCUT2D eigenvalue weighted by Crippen LogP contribution is 2.21. The maximum Gasteiger partial charge on any atom is 0.243 e. The second kappa shape index (κ2) is 8.67. The molecule has 0 spiro atoms. The molecule has 1 N–H and O–H groups in total. The first-order valence-electron chi connectivity index (χ1n) is 9.37. The molecule has 0 atom stereocenters. The van der Waals surface area contributed by atoms with Crippen molar-refractivity contribution in [2.45, 2.75) is 37.5 Å². The molecule has 1 aliphatic rings. The molecule has 1 aliphatic heterocycles. The molecular formula is C21H24N2O4S. The lowest BCUT2D eigenvalue weighted by Gasteiger charge is -2.25. The number of Topliss-reactive ketones (excluding diaryl/α,β-unsaturated/α-hetero) is 1. The number of ketones is 1. The van der Waals surface area contributed by atoms with Gasteiger partial charge in [0.2, 0.25) is 15.9 Å². The molecule has 1 heterocycles. The fourth-order valence-corrected chi connectivity index (χ4v) is 4.83. The maximum atomic E-state index is 12.7. The number of benzene rings is 2. The number of anilines is 1. The molecule has 0 radical (unpaired) electrons. The van der Waals surface area contributed by atoms with Crippen LogP contribution in [0.3, 0.4) is 0 Å². The number of piperidine rings is 1. The third-order valence-corrected chi connectivity index (χ3v) is 6.73. The maximum absolute atomic E-state index is 12.7. The van der Waals surface area contributed by atoms with Gasteiger partial charge in [-0.2, -0.15) is 4.31 Å². The first-order chi connectivity index (χ1) is 13.4. The van der Waals surface area contributed by atoms with Gasteiger partial charge in [0.05, 0.1) is 17.0 Å². The predicted octanol–water partition coefficient (Wildman–Crippen LogP) is 3.25. The van der Waals surface area contributed by atoms with Gasteiger partial charge in [0.1, 0.15) is 0 Å². The van der Waals surface area contributed by atoms with E-state index in [0.717, 1.165) is 19.3 Å². The molecule has 6 nitrogen and oxygen atoms in total. The molecule has 0 aromatic heterocycles. The zero-order chi connectivity index (χ0) is 20.1. The van der Waals surface area contributed by atoms with Crippen molar-refractivity contribution in [2.75, 3.05) is 18.4 Å². The Bertz CT molecular complexity index is 962. The lowest BCUT2D eigenvalue weighted by Crippen LogP contribution is -2.35. The second-order valence-corrected chi connectivity index (χ2v) is 8.87. The summed E-state index contributed by atoms with van der Waals surface area (Å²) in [5.41, 5.74) is 1.64. The van der Waals surface area contributed by atoms with Crippen molar-refractivity contribution in [3.8, 4) is 0 Å². The van der Waals surface area contributed by atoms with Crippen molar-refractivity contribution in [3.63, 3.8) is 0 Å². The third kappa shape index (κ3) is 4.66. The number of para-hydroxylation sites is 1. The van der Waals surface area contributed by atoms with E-state index in [9.17, 15) is 18.0 Å². The third-order valence-electron chi connectivity index (χ3n) is 4.82. The number of hydrogen-bond acceptors (Lipinski definition) is 4. The van der Waals surface area contributed by atoms with E-state index in [2.05, 4.69) is 5.32 Å². The number of amides is 1. The summed E-state index contributed by atoms with van der Waals surface area (Å²) in [6.07, 6.45) is 2.93. The molecule has 148 valence electrons. The van der Waals surface area contributed by atoms with E-state index in [0.29, 0.717) is 29.9 Å². The molecule has 1 fully saturated rings. The van der Waals surface area contributed by atoms with Crippen LogP contribution in [0.5, 0.6) is 0 Å². The number of carbonyl (C=O) groups is 2. The smallest absolute Gasteiger partial charge is 0.243 e. The van der Waals surface area contributed by atoms with E-state index in [1.807, 2.05) is 0 Å². The SMILES string of the molecule is CC(=O)c1ccccc1NC(=O)Cc1ccc(S(=O)(=O)N2CCCCC2)cc1. The topological polar surface area (TPSA) is 83.5 Å². The summed E-state index contributed by atoms with van der Waals surface area (Å²) in [5.74, 6) is -0.386. The van der Waals surface area contributed by atoms with Gasteiger partial charge in [-0.25, -0.2) is 8.42 Å². The first kappa shape index (κ1) is 20.2. The Morgan fingerprint density at radius 2 is 1.61 bits per heavy atom. The average Bonchev–Trinajstić information content (AvgIpc) is 2.69. The standard InChI is InChI=1S/C21H24N2O4S/c1-16(24)19-7-3-4-8-20(19)22-21(25)15-17-9-11-18(12-10-17)28(26,27)23-13-5-2-6-14-23/h3-4,7-12H,2,5-6,13-15H2,1H3,(H,22,25). The molecule has 0 aliphatic carbocycles. The van der Waals surface area contributed by atoms with Crippen molar-refractivity contribution in [1.82, 2.24) is 4.31 Å². The molecule has 28 heavy (non-hydrogen) atoms. The molecule has 1 saturated heterocycles. The monoisotopic (exact) mass is 400 g/mol. The molecule has 1 amide bonds. The van der Waals surface area contributed by atoms with E-state index >= 15 is 0 Å². The van der Waals surface area contributed by atoms with Gasteiger partial charge >= 0.3 is 0 Å². The largest absolute Gasteiger partial charge is 0.325 e. The zero-order valence-electron chi connectivity index (χ0n) is 15.8. The van der Waals surface area contributed by atoms with Crippen LogP contribution in [0.25, 0.3) is 0 Å². The van der Waals surface area contributed by atoms with E-state index in [-0.39, 0.29) is 23.0 Å². The Balaban J connectivity index is 1.67.